The van der Waals surface area contributed by atoms with E-state index in [1.807, 2.05) is 0 Å². The van der Waals surface area contributed by atoms with Crippen molar-refractivity contribution in [1.82, 2.24) is 19.6 Å². The highest BCUT2D eigenvalue weighted by Crippen LogP contribution is 2.30. The molecule has 0 fully saturated rings. The zero-order chi connectivity index (χ0) is 10.6. The van der Waals surface area contributed by atoms with E-state index < -0.39 is 0 Å². The fraction of sp³-hybridized carbons (Fsp3) is 0.222. The van der Waals surface area contributed by atoms with Crippen LogP contribution < -0.4 is 0 Å². The molecule has 76 valence electrons. The lowest BCUT2D eigenvalue weighted by Gasteiger charge is -1.95. The first-order chi connectivity index (χ1) is 7.18. The van der Waals surface area contributed by atoms with Gasteiger partial charge in [-0.25, -0.2) is 14.5 Å². The lowest BCUT2D eigenvalue weighted by atomic mass is 10.2. The third kappa shape index (κ3) is 1.09. The number of aromatic amines is 1. The Kier molecular flexibility index (Phi) is 1.72. The summed E-state index contributed by atoms with van der Waals surface area (Å²) in [6, 6.07) is 0. The van der Waals surface area contributed by atoms with Gasteiger partial charge in [0.25, 0.3) is 0 Å². The molecule has 0 saturated carbocycles. The van der Waals surface area contributed by atoms with Gasteiger partial charge in [0, 0.05) is 4.88 Å². The van der Waals surface area contributed by atoms with Crippen molar-refractivity contribution in [2.24, 2.45) is 0 Å². The van der Waals surface area contributed by atoms with Crippen molar-refractivity contribution >= 4 is 39.4 Å². The van der Waals surface area contributed by atoms with Crippen LogP contribution in [0.1, 0.15) is 10.4 Å². The maximum atomic E-state index is 5.17. The zero-order valence-electron chi connectivity index (χ0n) is 8.24. The minimum absolute atomic E-state index is 0.524. The first-order valence-corrected chi connectivity index (χ1v) is 5.73. The minimum atomic E-state index is 0.524. The molecular weight excluding hydrogens is 228 g/mol. The van der Waals surface area contributed by atoms with Gasteiger partial charge in [-0.2, -0.15) is 0 Å². The van der Waals surface area contributed by atoms with Crippen molar-refractivity contribution in [3.8, 4) is 0 Å². The lowest BCUT2D eigenvalue weighted by Crippen LogP contribution is -1.92. The first kappa shape index (κ1) is 8.99. The third-order valence-corrected chi connectivity index (χ3v) is 3.94. The molecule has 15 heavy (non-hydrogen) atoms. The Morgan fingerprint density at radius 1 is 1.47 bits per heavy atom. The van der Waals surface area contributed by atoms with Gasteiger partial charge in [-0.05, 0) is 31.6 Å². The number of hydrogen-bond acceptors (Lipinski definition) is 4. The molecule has 0 amide bonds. The Hall–Kier alpha value is -1.27. The monoisotopic (exact) mass is 236 g/mol. The summed E-state index contributed by atoms with van der Waals surface area (Å²) in [6.07, 6.45) is 1.64. The molecule has 0 bridgehead atoms. The molecule has 4 nitrogen and oxygen atoms in total. The molecule has 3 heterocycles. The van der Waals surface area contributed by atoms with Crippen LogP contribution in [0.3, 0.4) is 0 Å². The summed E-state index contributed by atoms with van der Waals surface area (Å²) in [7, 11) is 0. The molecule has 0 aromatic carbocycles. The van der Waals surface area contributed by atoms with Crippen molar-refractivity contribution in [1.29, 1.82) is 0 Å². The summed E-state index contributed by atoms with van der Waals surface area (Å²) in [5.41, 5.74) is 2.11. The smallest absolute Gasteiger partial charge is 0.222 e. The lowest BCUT2D eigenvalue weighted by molar-refractivity contribution is 0.916. The molecule has 1 N–H and O–H groups in total. The van der Waals surface area contributed by atoms with Gasteiger partial charge >= 0.3 is 0 Å². The van der Waals surface area contributed by atoms with Gasteiger partial charge in [0.05, 0.1) is 5.39 Å². The van der Waals surface area contributed by atoms with Crippen molar-refractivity contribution in [2.45, 2.75) is 13.8 Å². The van der Waals surface area contributed by atoms with Crippen LogP contribution >= 0.6 is 23.6 Å². The molecule has 0 aliphatic carbocycles. The molecule has 0 atom stereocenters. The van der Waals surface area contributed by atoms with E-state index in [0.29, 0.717) is 4.77 Å². The number of rotatable bonds is 0. The third-order valence-electron chi connectivity index (χ3n) is 2.56. The highest BCUT2D eigenvalue weighted by molar-refractivity contribution is 7.71. The summed E-state index contributed by atoms with van der Waals surface area (Å²) in [4.78, 5) is 10.9. The molecule has 0 aliphatic heterocycles. The maximum Gasteiger partial charge on any atom is 0.222 e. The van der Waals surface area contributed by atoms with Gasteiger partial charge in [-0.15, -0.1) is 11.3 Å². The molecule has 0 saturated heterocycles. The normalized spacial score (nSPS) is 11.6. The largest absolute Gasteiger partial charge is 0.280 e. The van der Waals surface area contributed by atoms with Gasteiger partial charge in [-0.3, -0.25) is 5.10 Å². The first-order valence-electron chi connectivity index (χ1n) is 4.50. The Bertz CT molecular complexity index is 719. The molecule has 6 heteroatoms. The van der Waals surface area contributed by atoms with Crippen LogP contribution in [-0.4, -0.2) is 19.6 Å². The van der Waals surface area contributed by atoms with E-state index in [1.54, 1.807) is 22.2 Å². The average molecular weight is 236 g/mol. The van der Waals surface area contributed by atoms with Crippen LogP contribution in [0.4, 0.5) is 0 Å². The van der Waals surface area contributed by atoms with Crippen LogP contribution in [0.2, 0.25) is 0 Å². The Morgan fingerprint density at radius 2 is 2.27 bits per heavy atom. The molecule has 3 aromatic heterocycles. The Balaban J connectivity index is 2.74. The predicted molar refractivity (Wildman–Crippen MR) is 63.0 cm³/mol. The second kappa shape index (κ2) is 2.86. The molecule has 3 aromatic rings. The second-order valence-corrected chi connectivity index (χ2v) is 4.97. The topological polar surface area (TPSA) is 46.0 Å². The quantitative estimate of drug-likeness (QED) is 0.610. The molecule has 0 spiro atoms. The molecule has 0 radical (unpaired) electrons. The van der Waals surface area contributed by atoms with E-state index in [0.717, 1.165) is 15.9 Å². The van der Waals surface area contributed by atoms with Crippen molar-refractivity contribution < 1.29 is 0 Å². The summed E-state index contributed by atoms with van der Waals surface area (Å²) >= 11 is 6.84. The van der Waals surface area contributed by atoms with Crippen LogP contribution in [-0.2, 0) is 0 Å². The highest BCUT2D eigenvalue weighted by atomic mass is 32.1. The molecule has 0 aliphatic rings. The number of nitrogens with zero attached hydrogens (tertiary/aromatic N) is 3. The van der Waals surface area contributed by atoms with Crippen molar-refractivity contribution in [3.63, 3.8) is 0 Å². The molecule has 3 rings (SSSR count). The molecular formula is C9H8N4S2. The summed E-state index contributed by atoms with van der Waals surface area (Å²) < 4.78 is 2.26. The number of aromatic nitrogens is 4. The van der Waals surface area contributed by atoms with Crippen molar-refractivity contribution in [3.05, 3.63) is 21.5 Å². The SMILES string of the molecule is Cc1sc2nc(=S)n3[nH]cnc3c2c1C. The van der Waals surface area contributed by atoms with Gasteiger partial charge < -0.3 is 0 Å². The predicted octanol–water partition coefficient (Wildman–Crippen LogP) is 2.62. The zero-order valence-corrected chi connectivity index (χ0v) is 9.87. The fourth-order valence-electron chi connectivity index (χ4n) is 1.68. The van der Waals surface area contributed by atoms with Gasteiger partial charge in [0.15, 0.2) is 5.65 Å². The van der Waals surface area contributed by atoms with E-state index in [9.17, 15) is 0 Å². The molecule has 0 unspecified atom stereocenters. The number of fused-ring (bicyclic) bond motifs is 3. The van der Waals surface area contributed by atoms with Crippen LogP contribution in [0.25, 0.3) is 15.9 Å². The van der Waals surface area contributed by atoms with Gasteiger partial charge in [0.2, 0.25) is 4.77 Å². The van der Waals surface area contributed by atoms with Crippen LogP contribution in [0.5, 0.6) is 0 Å². The van der Waals surface area contributed by atoms with E-state index in [4.69, 9.17) is 12.2 Å². The summed E-state index contributed by atoms with van der Waals surface area (Å²) in [6.45, 7) is 4.18. The number of nitrogens with one attached hydrogen (secondary N) is 1. The van der Waals surface area contributed by atoms with E-state index in [-0.39, 0.29) is 0 Å². The van der Waals surface area contributed by atoms with Gasteiger partial charge in [0.1, 0.15) is 11.2 Å². The Labute approximate surface area is 94.6 Å². The number of aryl methyl sites for hydroxylation is 2. The Morgan fingerprint density at radius 3 is 3.07 bits per heavy atom. The second-order valence-electron chi connectivity index (χ2n) is 3.40. The van der Waals surface area contributed by atoms with E-state index >= 15 is 0 Å². The van der Waals surface area contributed by atoms with Crippen molar-refractivity contribution in [2.75, 3.05) is 0 Å². The number of thiophene rings is 1. The van der Waals surface area contributed by atoms with Gasteiger partial charge in [-0.1, -0.05) is 0 Å². The minimum Gasteiger partial charge on any atom is -0.280 e. The highest BCUT2D eigenvalue weighted by Gasteiger charge is 2.12. The summed E-state index contributed by atoms with van der Waals surface area (Å²) in [5.74, 6) is 0. The fourth-order valence-corrected chi connectivity index (χ4v) is 2.99. The summed E-state index contributed by atoms with van der Waals surface area (Å²) in [5, 5.41) is 4.06. The van der Waals surface area contributed by atoms with E-state index in [1.165, 1.54) is 10.4 Å². The van der Waals surface area contributed by atoms with Crippen LogP contribution in [0, 0.1) is 18.6 Å². The van der Waals surface area contributed by atoms with E-state index in [2.05, 4.69) is 28.9 Å². The van der Waals surface area contributed by atoms with Crippen LogP contribution in [0.15, 0.2) is 6.33 Å². The standard InChI is InChI=1S/C9H8N4S2/c1-4-5(2)15-8-6(4)7-10-3-11-13(7)9(14)12-8/h3H,1-2H3,(H,10,11). The number of hydrogen-bond donors (Lipinski definition) is 1. The average Bonchev–Trinajstić information content (AvgIpc) is 2.74. The maximum absolute atomic E-state index is 5.17. The number of H-pyrrole nitrogens is 1.